The van der Waals surface area contributed by atoms with E-state index in [9.17, 15) is 4.79 Å². The standard InChI is InChI=1S/C17H19N3OS2/c1-17(2)5-3-4-9-6-13-11(7-10(9)17)19-16(23-13)15-20-12(8-22-15)14(18)21/h6-7,12H,3-5,8H2,1-2H3,(H2,18,21)/t12-/m1/s1. The average Bonchev–Trinajstić information content (AvgIpc) is 3.11. The van der Waals surface area contributed by atoms with Gasteiger partial charge in [0.2, 0.25) is 5.91 Å². The first-order valence-corrected chi connectivity index (χ1v) is 9.68. The van der Waals surface area contributed by atoms with Crippen molar-refractivity contribution in [2.75, 3.05) is 5.75 Å². The van der Waals surface area contributed by atoms with Crippen LogP contribution in [0.1, 0.15) is 42.8 Å². The molecule has 2 aromatic rings. The summed E-state index contributed by atoms with van der Waals surface area (Å²) in [6.07, 6.45) is 3.63. The Labute approximate surface area is 143 Å². The smallest absolute Gasteiger partial charge is 0.243 e. The van der Waals surface area contributed by atoms with Crippen LogP contribution in [0.3, 0.4) is 0 Å². The predicted molar refractivity (Wildman–Crippen MR) is 97.6 cm³/mol. The Kier molecular flexibility index (Phi) is 3.50. The van der Waals surface area contributed by atoms with Crippen LogP contribution >= 0.6 is 23.1 Å². The maximum Gasteiger partial charge on any atom is 0.243 e. The minimum atomic E-state index is -0.408. The third-order valence-electron chi connectivity index (χ3n) is 4.75. The molecule has 120 valence electrons. The second-order valence-electron chi connectivity index (χ2n) is 6.90. The normalized spacial score (nSPS) is 22.9. The monoisotopic (exact) mass is 345 g/mol. The number of benzene rings is 1. The van der Waals surface area contributed by atoms with Gasteiger partial charge in [0.15, 0.2) is 0 Å². The number of nitrogens with zero attached hydrogens (tertiary/aromatic N) is 2. The lowest BCUT2D eigenvalue weighted by molar-refractivity contribution is -0.118. The van der Waals surface area contributed by atoms with Crippen molar-refractivity contribution in [3.8, 4) is 0 Å². The molecule has 2 aliphatic rings. The van der Waals surface area contributed by atoms with E-state index in [4.69, 9.17) is 10.7 Å². The summed E-state index contributed by atoms with van der Waals surface area (Å²) in [5.41, 5.74) is 9.51. The molecule has 4 nitrogen and oxygen atoms in total. The molecule has 1 atom stereocenters. The number of aromatic nitrogens is 1. The van der Waals surface area contributed by atoms with E-state index in [0.29, 0.717) is 5.75 Å². The van der Waals surface area contributed by atoms with E-state index in [1.807, 2.05) is 0 Å². The highest BCUT2D eigenvalue weighted by molar-refractivity contribution is 8.15. The third-order valence-corrected chi connectivity index (χ3v) is 6.96. The summed E-state index contributed by atoms with van der Waals surface area (Å²) in [6.45, 7) is 4.64. The number of hydrogen-bond acceptors (Lipinski definition) is 5. The van der Waals surface area contributed by atoms with Gasteiger partial charge in [-0.05, 0) is 47.9 Å². The quantitative estimate of drug-likeness (QED) is 0.908. The molecule has 0 saturated carbocycles. The number of nitrogens with two attached hydrogens (primary N) is 1. The van der Waals surface area contributed by atoms with Gasteiger partial charge in [-0.1, -0.05) is 13.8 Å². The lowest BCUT2D eigenvalue weighted by Gasteiger charge is -2.32. The number of carbonyl (C=O) groups excluding carboxylic acids is 1. The first kappa shape index (κ1) is 15.1. The number of fused-ring (bicyclic) bond motifs is 2. The first-order valence-electron chi connectivity index (χ1n) is 7.88. The zero-order valence-corrected chi connectivity index (χ0v) is 14.9. The molecule has 1 aliphatic heterocycles. The molecule has 0 fully saturated rings. The third kappa shape index (κ3) is 2.58. The summed E-state index contributed by atoms with van der Waals surface area (Å²) >= 11 is 3.24. The molecule has 0 unspecified atom stereocenters. The zero-order chi connectivity index (χ0) is 16.2. The molecule has 0 saturated heterocycles. The average molecular weight is 345 g/mol. The highest BCUT2D eigenvalue weighted by Gasteiger charge is 2.29. The van der Waals surface area contributed by atoms with Gasteiger partial charge in [-0.15, -0.1) is 23.1 Å². The Bertz CT molecular complexity index is 838. The number of rotatable bonds is 2. The highest BCUT2D eigenvalue weighted by Crippen LogP contribution is 2.40. The number of primary amides is 1. The van der Waals surface area contributed by atoms with Crippen LogP contribution in [0.2, 0.25) is 0 Å². The summed E-state index contributed by atoms with van der Waals surface area (Å²) in [6, 6.07) is 4.16. The molecule has 1 aromatic heterocycles. The Morgan fingerprint density at radius 1 is 1.39 bits per heavy atom. The van der Waals surface area contributed by atoms with Gasteiger partial charge >= 0.3 is 0 Å². The molecule has 23 heavy (non-hydrogen) atoms. The highest BCUT2D eigenvalue weighted by atomic mass is 32.2. The fourth-order valence-corrected chi connectivity index (χ4v) is 5.57. The van der Waals surface area contributed by atoms with Crippen LogP contribution in [0.4, 0.5) is 0 Å². The van der Waals surface area contributed by atoms with Gasteiger partial charge in [-0.3, -0.25) is 9.79 Å². The molecule has 1 aromatic carbocycles. The van der Waals surface area contributed by atoms with E-state index in [1.54, 1.807) is 23.1 Å². The van der Waals surface area contributed by atoms with Crippen molar-refractivity contribution in [1.29, 1.82) is 0 Å². The Morgan fingerprint density at radius 3 is 2.96 bits per heavy atom. The second-order valence-corrected chi connectivity index (χ2v) is 8.94. The van der Waals surface area contributed by atoms with Gasteiger partial charge in [-0.25, -0.2) is 4.98 Å². The molecular weight excluding hydrogens is 326 g/mol. The molecule has 2 N–H and O–H groups in total. The number of aliphatic imine (C=N–C) groups is 1. The Balaban J connectivity index is 1.78. The number of hydrogen-bond donors (Lipinski definition) is 1. The van der Waals surface area contributed by atoms with E-state index in [-0.39, 0.29) is 11.3 Å². The fraction of sp³-hybridized carbons (Fsp3) is 0.471. The van der Waals surface area contributed by atoms with E-state index in [2.05, 4.69) is 31.0 Å². The van der Waals surface area contributed by atoms with Crippen LogP contribution in [0.25, 0.3) is 10.2 Å². The van der Waals surface area contributed by atoms with Gasteiger partial charge in [0.1, 0.15) is 16.1 Å². The minimum absolute atomic E-state index is 0.224. The summed E-state index contributed by atoms with van der Waals surface area (Å²) in [5, 5.41) is 1.76. The van der Waals surface area contributed by atoms with Crippen molar-refractivity contribution >= 4 is 44.3 Å². The van der Waals surface area contributed by atoms with Crippen molar-refractivity contribution in [2.45, 2.75) is 44.6 Å². The van der Waals surface area contributed by atoms with Gasteiger partial charge in [-0.2, -0.15) is 0 Å². The molecule has 0 radical (unpaired) electrons. The van der Waals surface area contributed by atoms with Crippen LogP contribution in [0.15, 0.2) is 17.1 Å². The topological polar surface area (TPSA) is 68.3 Å². The maximum absolute atomic E-state index is 11.3. The fourth-order valence-electron chi connectivity index (χ4n) is 3.44. The van der Waals surface area contributed by atoms with Crippen LogP contribution in [0, 0.1) is 0 Å². The van der Waals surface area contributed by atoms with Crippen molar-refractivity contribution in [2.24, 2.45) is 10.7 Å². The summed E-state index contributed by atoms with van der Waals surface area (Å²) in [4.78, 5) is 20.5. The van der Waals surface area contributed by atoms with E-state index in [1.165, 1.54) is 28.7 Å². The molecule has 4 rings (SSSR count). The predicted octanol–water partition coefficient (Wildman–Crippen LogP) is 3.26. The number of thiazole rings is 1. The SMILES string of the molecule is CC1(C)CCCc2cc3sc(C4=N[C@@H](C(N)=O)CS4)nc3cc21. The van der Waals surface area contributed by atoms with Gasteiger partial charge < -0.3 is 5.73 Å². The first-order chi connectivity index (χ1) is 10.9. The van der Waals surface area contributed by atoms with Crippen molar-refractivity contribution in [3.63, 3.8) is 0 Å². The van der Waals surface area contributed by atoms with Crippen molar-refractivity contribution in [1.82, 2.24) is 4.98 Å². The van der Waals surface area contributed by atoms with Crippen LogP contribution < -0.4 is 5.73 Å². The van der Waals surface area contributed by atoms with E-state index >= 15 is 0 Å². The van der Waals surface area contributed by atoms with E-state index < -0.39 is 6.04 Å². The number of carbonyl (C=O) groups is 1. The largest absolute Gasteiger partial charge is 0.368 e. The molecule has 1 amide bonds. The number of aryl methyl sites for hydroxylation is 1. The van der Waals surface area contributed by atoms with Crippen LogP contribution in [-0.4, -0.2) is 27.7 Å². The molecular formula is C17H19N3OS2. The Hall–Kier alpha value is -1.40. The maximum atomic E-state index is 11.3. The summed E-state index contributed by atoms with van der Waals surface area (Å²) < 4.78 is 1.21. The van der Waals surface area contributed by atoms with Crippen LogP contribution in [0.5, 0.6) is 0 Å². The Morgan fingerprint density at radius 2 is 2.22 bits per heavy atom. The minimum Gasteiger partial charge on any atom is -0.368 e. The molecule has 0 bridgehead atoms. The van der Waals surface area contributed by atoms with E-state index in [0.717, 1.165) is 22.0 Å². The molecule has 2 heterocycles. The van der Waals surface area contributed by atoms with Crippen LogP contribution in [-0.2, 0) is 16.6 Å². The molecule has 6 heteroatoms. The van der Waals surface area contributed by atoms with Gasteiger partial charge in [0.25, 0.3) is 0 Å². The van der Waals surface area contributed by atoms with Crippen molar-refractivity contribution < 1.29 is 4.79 Å². The summed E-state index contributed by atoms with van der Waals surface area (Å²) in [7, 11) is 0. The lowest BCUT2D eigenvalue weighted by atomic mass is 9.73. The number of amides is 1. The van der Waals surface area contributed by atoms with Gasteiger partial charge in [0, 0.05) is 5.75 Å². The van der Waals surface area contributed by atoms with Gasteiger partial charge in [0.05, 0.1) is 10.2 Å². The molecule has 0 spiro atoms. The summed E-state index contributed by atoms with van der Waals surface area (Å²) in [5.74, 6) is 0.273. The number of thioether (sulfide) groups is 1. The molecule has 1 aliphatic carbocycles. The van der Waals surface area contributed by atoms with Crippen molar-refractivity contribution in [3.05, 3.63) is 28.3 Å². The second kappa shape index (κ2) is 5.31. The lowest BCUT2D eigenvalue weighted by Crippen LogP contribution is -2.26. The zero-order valence-electron chi connectivity index (χ0n) is 13.3.